The lowest BCUT2D eigenvalue weighted by Crippen LogP contribution is -2.40. The Bertz CT molecular complexity index is 609. The predicted molar refractivity (Wildman–Crippen MR) is 78.7 cm³/mol. The number of nitrogens with zero attached hydrogens (tertiary/aromatic N) is 3. The van der Waals surface area contributed by atoms with Gasteiger partial charge in [0.05, 0.1) is 19.2 Å². The number of hydrogen-bond donors (Lipinski definition) is 1. The quantitative estimate of drug-likeness (QED) is 0.885. The normalized spacial score (nSPS) is 18.4. The van der Waals surface area contributed by atoms with Gasteiger partial charge in [0.25, 0.3) is 0 Å². The van der Waals surface area contributed by atoms with Crippen molar-refractivity contribution in [2.45, 2.75) is 32.0 Å². The molecule has 1 aromatic heterocycles. The van der Waals surface area contributed by atoms with Crippen molar-refractivity contribution in [2.75, 3.05) is 6.54 Å². The third-order valence-corrected chi connectivity index (χ3v) is 3.94. The molecule has 1 atom stereocenters. The first-order valence-corrected chi connectivity index (χ1v) is 7.24. The van der Waals surface area contributed by atoms with Gasteiger partial charge in [-0.15, -0.1) is 0 Å². The Labute approximate surface area is 123 Å². The Morgan fingerprint density at radius 3 is 2.81 bits per heavy atom. The lowest BCUT2D eigenvalue weighted by molar-refractivity contribution is -0.137. The molecular weight excluding hydrogens is 266 g/mol. The molecule has 0 radical (unpaired) electrons. The van der Waals surface area contributed by atoms with Crippen LogP contribution in [0.4, 0.5) is 0 Å². The van der Waals surface area contributed by atoms with E-state index in [4.69, 9.17) is 5.11 Å². The fraction of sp³-hybridized carbons (Fsp3) is 0.375. The van der Waals surface area contributed by atoms with E-state index >= 15 is 0 Å². The van der Waals surface area contributed by atoms with Crippen LogP contribution in [0.25, 0.3) is 0 Å². The second-order valence-corrected chi connectivity index (χ2v) is 5.44. The SMILES string of the molecule is O=C(O)CCn1cc(CN2CC[C@@H]2c2ccccc2)cn1. The lowest BCUT2D eigenvalue weighted by Gasteiger charge is -2.41. The molecule has 1 aliphatic heterocycles. The maximum atomic E-state index is 10.6. The Morgan fingerprint density at radius 2 is 2.14 bits per heavy atom. The fourth-order valence-corrected chi connectivity index (χ4v) is 2.74. The maximum absolute atomic E-state index is 10.6. The van der Waals surface area contributed by atoms with Crippen molar-refractivity contribution in [2.24, 2.45) is 0 Å². The number of aliphatic carboxylic acids is 1. The van der Waals surface area contributed by atoms with E-state index in [1.165, 1.54) is 12.0 Å². The molecule has 2 heterocycles. The van der Waals surface area contributed by atoms with Gasteiger partial charge in [0.2, 0.25) is 0 Å². The summed E-state index contributed by atoms with van der Waals surface area (Å²) in [5.74, 6) is -0.793. The summed E-state index contributed by atoms with van der Waals surface area (Å²) in [6, 6.07) is 11.0. The largest absolute Gasteiger partial charge is 0.481 e. The minimum absolute atomic E-state index is 0.109. The summed E-state index contributed by atoms with van der Waals surface area (Å²) in [4.78, 5) is 13.0. The van der Waals surface area contributed by atoms with Crippen molar-refractivity contribution in [3.8, 4) is 0 Å². The standard InChI is InChI=1S/C16H19N3O2/c20-16(21)7-9-19-12-13(10-17-19)11-18-8-6-15(18)14-4-2-1-3-5-14/h1-5,10,12,15H,6-9,11H2,(H,20,21)/t15-/m1/s1. The first-order valence-electron chi connectivity index (χ1n) is 7.24. The molecule has 21 heavy (non-hydrogen) atoms. The number of aromatic nitrogens is 2. The highest BCUT2D eigenvalue weighted by molar-refractivity contribution is 5.66. The van der Waals surface area contributed by atoms with Crippen molar-refractivity contribution in [3.63, 3.8) is 0 Å². The van der Waals surface area contributed by atoms with E-state index < -0.39 is 5.97 Å². The topological polar surface area (TPSA) is 58.4 Å². The van der Waals surface area contributed by atoms with Crippen molar-refractivity contribution in [1.82, 2.24) is 14.7 Å². The van der Waals surface area contributed by atoms with Gasteiger partial charge < -0.3 is 5.11 Å². The van der Waals surface area contributed by atoms with Crippen molar-refractivity contribution < 1.29 is 9.90 Å². The zero-order chi connectivity index (χ0) is 14.7. The zero-order valence-corrected chi connectivity index (χ0v) is 11.9. The Kier molecular flexibility index (Phi) is 4.01. The predicted octanol–water partition coefficient (Wildman–Crippen LogP) is 2.30. The van der Waals surface area contributed by atoms with E-state index in [0.717, 1.165) is 18.7 Å². The van der Waals surface area contributed by atoms with Crippen LogP contribution in [0.15, 0.2) is 42.7 Å². The first kappa shape index (κ1) is 13.8. The molecule has 0 spiro atoms. The molecule has 0 amide bonds. The number of hydrogen-bond acceptors (Lipinski definition) is 3. The number of aryl methyl sites for hydroxylation is 1. The average Bonchev–Trinajstić information content (AvgIpc) is 2.90. The highest BCUT2D eigenvalue weighted by atomic mass is 16.4. The molecule has 0 aliphatic carbocycles. The Balaban J connectivity index is 1.58. The van der Waals surface area contributed by atoms with Crippen LogP contribution < -0.4 is 0 Å². The molecule has 1 N–H and O–H groups in total. The van der Waals surface area contributed by atoms with Crippen molar-refractivity contribution >= 4 is 5.97 Å². The van der Waals surface area contributed by atoms with Gasteiger partial charge in [-0.2, -0.15) is 5.10 Å². The summed E-state index contributed by atoms with van der Waals surface area (Å²) in [5.41, 5.74) is 2.50. The molecule has 5 nitrogen and oxygen atoms in total. The lowest BCUT2D eigenvalue weighted by atomic mass is 9.94. The van der Waals surface area contributed by atoms with Crippen LogP contribution in [-0.4, -0.2) is 32.3 Å². The molecule has 1 fully saturated rings. The number of carboxylic acid groups (broad SMARTS) is 1. The van der Waals surface area contributed by atoms with E-state index in [1.54, 1.807) is 4.68 Å². The molecule has 1 aliphatic rings. The van der Waals surface area contributed by atoms with Crippen LogP contribution in [0.3, 0.4) is 0 Å². The molecule has 0 bridgehead atoms. The number of benzene rings is 1. The second-order valence-electron chi connectivity index (χ2n) is 5.44. The van der Waals surface area contributed by atoms with Crippen molar-refractivity contribution in [3.05, 3.63) is 53.9 Å². The van der Waals surface area contributed by atoms with Crippen LogP contribution in [0.1, 0.15) is 30.0 Å². The molecule has 5 heteroatoms. The molecule has 110 valence electrons. The van der Waals surface area contributed by atoms with Gasteiger partial charge in [0, 0.05) is 30.9 Å². The van der Waals surface area contributed by atoms with Gasteiger partial charge in [0.15, 0.2) is 0 Å². The van der Waals surface area contributed by atoms with Crippen molar-refractivity contribution in [1.29, 1.82) is 0 Å². The molecular formula is C16H19N3O2. The zero-order valence-electron chi connectivity index (χ0n) is 11.9. The summed E-state index contributed by atoms with van der Waals surface area (Å²) in [6.45, 7) is 2.39. The van der Waals surface area contributed by atoms with E-state index in [0.29, 0.717) is 12.6 Å². The van der Waals surface area contributed by atoms with Crippen LogP contribution in [0.2, 0.25) is 0 Å². The van der Waals surface area contributed by atoms with Crippen LogP contribution in [-0.2, 0) is 17.9 Å². The van der Waals surface area contributed by atoms with Gasteiger partial charge in [-0.05, 0) is 12.0 Å². The van der Waals surface area contributed by atoms with Crippen LogP contribution >= 0.6 is 0 Å². The molecule has 2 aromatic rings. The monoisotopic (exact) mass is 285 g/mol. The van der Waals surface area contributed by atoms with Gasteiger partial charge in [-0.1, -0.05) is 30.3 Å². The maximum Gasteiger partial charge on any atom is 0.305 e. The molecule has 3 rings (SSSR count). The second kappa shape index (κ2) is 6.10. The molecule has 1 aromatic carbocycles. The van der Waals surface area contributed by atoms with Gasteiger partial charge in [-0.3, -0.25) is 14.4 Å². The Hall–Kier alpha value is -2.14. The summed E-state index contributed by atoms with van der Waals surface area (Å²) in [5, 5.41) is 12.9. The minimum Gasteiger partial charge on any atom is -0.481 e. The van der Waals surface area contributed by atoms with Crippen LogP contribution in [0, 0.1) is 0 Å². The molecule has 0 unspecified atom stereocenters. The summed E-state index contributed by atoms with van der Waals surface area (Å²) < 4.78 is 1.71. The van der Waals surface area contributed by atoms with Gasteiger partial charge in [-0.25, -0.2) is 0 Å². The minimum atomic E-state index is -0.793. The Morgan fingerprint density at radius 1 is 1.33 bits per heavy atom. The van der Waals surface area contributed by atoms with E-state index in [-0.39, 0.29) is 6.42 Å². The van der Waals surface area contributed by atoms with E-state index in [2.05, 4.69) is 34.3 Å². The number of likely N-dealkylation sites (tertiary alicyclic amines) is 1. The summed E-state index contributed by atoms with van der Waals surface area (Å²) >= 11 is 0. The highest BCUT2D eigenvalue weighted by Crippen LogP contribution is 2.34. The van der Waals surface area contributed by atoms with Gasteiger partial charge >= 0.3 is 5.97 Å². The van der Waals surface area contributed by atoms with Crippen LogP contribution in [0.5, 0.6) is 0 Å². The number of rotatable bonds is 6. The third-order valence-electron chi connectivity index (χ3n) is 3.94. The smallest absolute Gasteiger partial charge is 0.305 e. The fourth-order valence-electron chi connectivity index (χ4n) is 2.74. The summed E-state index contributed by atoms with van der Waals surface area (Å²) in [6.07, 6.45) is 5.08. The van der Waals surface area contributed by atoms with Gasteiger partial charge in [0.1, 0.15) is 0 Å². The average molecular weight is 285 g/mol. The number of carboxylic acids is 1. The molecule has 0 saturated carbocycles. The molecule has 1 saturated heterocycles. The number of carbonyl (C=O) groups is 1. The first-order chi connectivity index (χ1) is 10.2. The highest BCUT2D eigenvalue weighted by Gasteiger charge is 2.29. The van der Waals surface area contributed by atoms with E-state index in [9.17, 15) is 4.79 Å². The third kappa shape index (κ3) is 3.31. The summed E-state index contributed by atoms with van der Waals surface area (Å²) in [7, 11) is 0. The van der Waals surface area contributed by atoms with E-state index in [1.807, 2.05) is 18.5 Å².